The smallest absolute Gasteiger partial charge is 0.169 e. The van der Waals surface area contributed by atoms with Gasteiger partial charge in [0, 0.05) is 22.7 Å². The Morgan fingerprint density at radius 1 is 1.11 bits per heavy atom. The number of hydrogen-bond donors (Lipinski definition) is 1. The summed E-state index contributed by atoms with van der Waals surface area (Å²) >= 11 is 5.87. The molecule has 0 saturated carbocycles. The number of phenols is 1. The van der Waals surface area contributed by atoms with Crippen molar-refractivity contribution in [3.63, 3.8) is 0 Å². The quantitative estimate of drug-likeness (QED) is 0.584. The SMILES string of the molecule is C[n+]1ccc(/C=C/c2cc(Cl)ccc2O)cc1.[I-]. The molecule has 18 heavy (non-hydrogen) atoms. The molecule has 4 heteroatoms. The number of aromatic nitrogens is 1. The van der Waals surface area contributed by atoms with Crippen LogP contribution in [-0.2, 0) is 7.05 Å². The minimum absolute atomic E-state index is 0. The van der Waals surface area contributed by atoms with Gasteiger partial charge < -0.3 is 29.1 Å². The van der Waals surface area contributed by atoms with Crippen LogP contribution < -0.4 is 28.5 Å². The molecule has 0 atom stereocenters. The Balaban J connectivity index is 0.00000162. The van der Waals surface area contributed by atoms with E-state index < -0.39 is 0 Å². The van der Waals surface area contributed by atoms with E-state index in [0.29, 0.717) is 10.6 Å². The highest BCUT2D eigenvalue weighted by atomic mass is 127. The Hall–Kier alpha value is -1.07. The summed E-state index contributed by atoms with van der Waals surface area (Å²) in [6, 6.07) is 8.98. The summed E-state index contributed by atoms with van der Waals surface area (Å²) in [5, 5.41) is 10.3. The molecule has 0 radical (unpaired) electrons. The molecule has 0 aliphatic rings. The van der Waals surface area contributed by atoms with E-state index in [-0.39, 0.29) is 29.7 Å². The largest absolute Gasteiger partial charge is 1.00 e. The van der Waals surface area contributed by atoms with Crippen LogP contribution in [0.3, 0.4) is 0 Å². The van der Waals surface area contributed by atoms with Crippen molar-refractivity contribution in [2.45, 2.75) is 0 Å². The first-order valence-corrected chi connectivity index (χ1v) is 5.65. The van der Waals surface area contributed by atoms with Gasteiger partial charge in [-0.15, -0.1) is 0 Å². The molecule has 2 aromatic rings. The second-order valence-corrected chi connectivity index (χ2v) is 4.27. The first kappa shape index (κ1) is 15.0. The summed E-state index contributed by atoms with van der Waals surface area (Å²) in [6.45, 7) is 0. The number of phenolic OH excluding ortho intramolecular Hbond substituents is 1. The van der Waals surface area contributed by atoms with E-state index in [1.54, 1.807) is 18.2 Å². The molecular formula is C14H13ClINO. The summed E-state index contributed by atoms with van der Waals surface area (Å²) in [7, 11) is 1.97. The molecule has 0 aliphatic heterocycles. The van der Waals surface area contributed by atoms with E-state index in [2.05, 4.69) is 0 Å². The molecule has 2 nitrogen and oxygen atoms in total. The number of rotatable bonds is 2. The molecule has 94 valence electrons. The fourth-order valence-electron chi connectivity index (χ4n) is 1.47. The van der Waals surface area contributed by atoms with Gasteiger partial charge in [0.05, 0.1) is 0 Å². The van der Waals surface area contributed by atoms with Crippen molar-refractivity contribution in [1.29, 1.82) is 0 Å². The van der Waals surface area contributed by atoms with Crippen molar-refractivity contribution >= 4 is 23.8 Å². The number of benzene rings is 1. The van der Waals surface area contributed by atoms with Gasteiger partial charge in [-0.3, -0.25) is 0 Å². The maximum atomic E-state index is 9.64. The maximum absolute atomic E-state index is 9.64. The van der Waals surface area contributed by atoms with Gasteiger partial charge in [0.25, 0.3) is 0 Å². The van der Waals surface area contributed by atoms with Crippen LogP contribution in [0.1, 0.15) is 11.1 Å². The highest BCUT2D eigenvalue weighted by Gasteiger charge is 1.98. The molecule has 0 unspecified atom stereocenters. The Kier molecular flexibility index (Phi) is 5.62. The Bertz CT molecular complexity index is 552. The summed E-state index contributed by atoms with van der Waals surface area (Å²) in [5.41, 5.74) is 1.79. The molecule has 1 heterocycles. The van der Waals surface area contributed by atoms with Crippen LogP contribution in [0.5, 0.6) is 5.75 Å². The van der Waals surface area contributed by atoms with Crippen molar-refractivity contribution in [2.24, 2.45) is 7.05 Å². The molecular weight excluding hydrogens is 361 g/mol. The van der Waals surface area contributed by atoms with Crippen LogP contribution >= 0.6 is 11.6 Å². The fourth-order valence-corrected chi connectivity index (χ4v) is 1.65. The molecule has 1 aromatic carbocycles. The minimum atomic E-state index is 0. The zero-order chi connectivity index (χ0) is 12.3. The van der Waals surface area contributed by atoms with Crippen molar-refractivity contribution in [2.75, 3.05) is 0 Å². The summed E-state index contributed by atoms with van der Waals surface area (Å²) in [6.07, 6.45) is 7.72. The number of hydrogen-bond acceptors (Lipinski definition) is 1. The monoisotopic (exact) mass is 373 g/mol. The van der Waals surface area contributed by atoms with E-state index >= 15 is 0 Å². The third-order valence-corrected chi connectivity index (χ3v) is 2.68. The highest BCUT2D eigenvalue weighted by molar-refractivity contribution is 6.30. The predicted molar refractivity (Wildman–Crippen MR) is 69.7 cm³/mol. The van der Waals surface area contributed by atoms with Gasteiger partial charge in [0.1, 0.15) is 12.8 Å². The van der Waals surface area contributed by atoms with Gasteiger partial charge in [0.15, 0.2) is 12.4 Å². The third-order valence-electron chi connectivity index (χ3n) is 2.45. The van der Waals surface area contributed by atoms with Crippen LogP contribution in [0.15, 0.2) is 42.7 Å². The van der Waals surface area contributed by atoms with E-state index in [4.69, 9.17) is 11.6 Å². The van der Waals surface area contributed by atoms with Gasteiger partial charge in [0.2, 0.25) is 0 Å². The molecule has 0 aliphatic carbocycles. The Morgan fingerprint density at radius 2 is 1.78 bits per heavy atom. The molecule has 0 spiro atoms. The molecule has 0 fully saturated rings. The zero-order valence-electron chi connectivity index (χ0n) is 9.85. The first-order chi connectivity index (χ1) is 8.15. The lowest BCUT2D eigenvalue weighted by molar-refractivity contribution is -0.671. The summed E-state index contributed by atoms with van der Waals surface area (Å²) < 4.78 is 1.97. The predicted octanol–water partition coefficient (Wildman–Crippen LogP) is 0.0445. The van der Waals surface area contributed by atoms with E-state index in [0.717, 1.165) is 5.56 Å². The normalized spacial score (nSPS) is 10.3. The number of aryl methyl sites for hydroxylation is 1. The number of aromatic hydroxyl groups is 1. The summed E-state index contributed by atoms with van der Waals surface area (Å²) in [4.78, 5) is 0. The lowest BCUT2D eigenvalue weighted by Crippen LogP contribution is -3.00. The van der Waals surface area contributed by atoms with Crippen LogP contribution in [0.2, 0.25) is 5.02 Å². The maximum Gasteiger partial charge on any atom is 0.169 e. The lowest BCUT2D eigenvalue weighted by atomic mass is 10.1. The fraction of sp³-hybridized carbons (Fsp3) is 0.0714. The standard InChI is InChI=1S/C14H12ClNO.HI/c1-16-8-6-11(7-9-16)2-3-12-10-13(15)4-5-14(12)17;/h2-10H,1H3;1H. The van der Waals surface area contributed by atoms with Crippen LogP contribution in [0.25, 0.3) is 12.2 Å². The van der Waals surface area contributed by atoms with Crippen LogP contribution in [-0.4, -0.2) is 5.11 Å². The number of nitrogens with zero attached hydrogens (tertiary/aromatic N) is 1. The number of pyridine rings is 1. The second-order valence-electron chi connectivity index (χ2n) is 3.83. The minimum Gasteiger partial charge on any atom is -1.00 e. The van der Waals surface area contributed by atoms with Gasteiger partial charge in [-0.2, -0.15) is 0 Å². The van der Waals surface area contributed by atoms with Crippen molar-refractivity contribution in [3.8, 4) is 5.75 Å². The number of halogens is 2. The molecule has 0 saturated heterocycles. The van der Waals surface area contributed by atoms with Gasteiger partial charge >= 0.3 is 0 Å². The van der Waals surface area contributed by atoms with E-state index in [9.17, 15) is 5.11 Å². The molecule has 0 bridgehead atoms. The van der Waals surface area contributed by atoms with E-state index in [1.807, 2.05) is 48.3 Å². The molecule has 2 rings (SSSR count). The second kappa shape index (κ2) is 6.75. The zero-order valence-corrected chi connectivity index (χ0v) is 12.8. The van der Waals surface area contributed by atoms with Crippen molar-refractivity contribution < 1.29 is 33.7 Å². The van der Waals surface area contributed by atoms with Crippen LogP contribution in [0, 0.1) is 0 Å². The topological polar surface area (TPSA) is 24.1 Å². The average molecular weight is 374 g/mol. The lowest BCUT2D eigenvalue weighted by Gasteiger charge is -1.99. The average Bonchev–Trinajstić information content (AvgIpc) is 2.32. The van der Waals surface area contributed by atoms with Gasteiger partial charge in [-0.25, -0.2) is 4.57 Å². The van der Waals surface area contributed by atoms with Crippen LogP contribution in [0.4, 0.5) is 0 Å². The van der Waals surface area contributed by atoms with E-state index in [1.165, 1.54) is 0 Å². The van der Waals surface area contributed by atoms with Crippen molar-refractivity contribution in [3.05, 3.63) is 58.9 Å². The third kappa shape index (κ3) is 3.99. The molecule has 1 aromatic heterocycles. The van der Waals surface area contributed by atoms with Gasteiger partial charge in [-0.05, 0) is 23.8 Å². The molecule has 0 amide bonds. The Labute approximate surface area is 129 Å². The summed E-state index contributed by atoms with van der Waals surface area (Å²) in [5.74, 6) is 0.229. The Morgan fingerprint density at radius 3 is 2.44 bits per heavy atom. The highest BCUT2D eigenvalue weighted by Crippen LogP contribution is 2.23. The van der Waals surface area contributed by atoms with Crippen molar-refractivity contribution in [1.82, 2.24) is 0 Å². The first-order valence-electron chi connectivity index (χ1n) is 5.27. The van der Waals surface area contributed by atoms with Gasteiger partial charge in [-0.1, -0.05) is 23.8 Å². The molecule has 1 N–H and O–H groups in total.